The molecule has 3 rings (SSSR count). The molecule has 0 N–H and O–H groups in total. The van der Waals surface area contributed by atoms with E-state index in [1.807, 2.05) is 10.8 Å². The Labute approximate surface area is 131 Å². The summed E-state index contributed by atoms with van der Waals surface area (Å²) in [6, 6.07) is 1.83. The van der Waals surface area contributed by atoms with Crippen molar-refractivity contribution in [1.29, 1.82) is 0 Å². The fourth-order valence-corrected chi connectivity index (χ4v) is 2.96. The third-order valence-electron chi connectivity index (χ3n) is 3.87. The van der Waals surface area contributed by atoms with E-state index < -0.39 is 11.6 Å². The van der Waals surface area contributed by atoms with Crippen molar-refractivity contribution in [3.8, 4) is 0 Å². The van der Waals surface area contributed by atoms with Crippen molar-refractivity contribution < 1.29 is 13.6 Å². The van der Waals surface area contributed by atoms with Gasteiger partial charge in [0.05, 0.1) is 23.0 Å². The molecule has 0 unspecified atom stereocenters. The molecule has 4 nitrogen and oxygen atoms in total. The summed E-state index contributed by atoms with van der Waals surface area (Å²) in [6.07, 6.45) is 7.01. The highest BCUT2D eigenvalue weighted by Crippen LogP contribution is 2.26. The number of rotatable bonds is 2. The van der Waals surface area contributed by atoms with Crippen molar-refractivity contribution in [2.24, 2.45) is 0 Å². The van der Waals surface area contributed by atoms with Gasteiger partial charge >= 0.3 is 0 Å². The Balaban J connectivity index is 1.81. The van der Waals surface area contributed by atoms with Crippen LogP contribution in [0.4, 0.5) is 8.78 Å². The lowest BCUT2D eigenvalue weighted by atomic mass is 10.0. The summed E-state index contributed by atoms with van der Waals surface area (Å²) < 4.78 is 28.4. The van der Waals surface area contributed by atoms with Crippen molar-refractivity contribution in [3.63, 3.8) is 0 Å². The number of hydrogen-bond acceptors (Lipinski definition) is 2. The second-order valence-electron chi connectivity index (χ2n) is 5.30. The van der Waals surface area contributed by atoms with Gasteiger partial charge in [0.15, 0.2) is 11.6 Å². The maximum absolute atomic E-state index is 13.4. The summed E-state index contributed by atoms with van der Waals surface area (Å²) in [4.78, 5) is 18.2. The molecule has 1 aliphatic rings. The number of halogens is 3. The van der Waals surface area contributed by atoms with E-state index in [1.54, 1.807) is 17.4 Å². The van der Waals surface area contributed by atoms with Gasteiger partial charge in [-0.25, -0.2) is 13.8 Å². The maximum Gasteiger partial charge on any atom is 0.255 e. The summed E-state index contributed by atoms with van der Waals surface area (Å²) in [6.45, 7) is 1.06. The first-order chi connectivity index (χ1) is 10.6. The van der Waals surface area contributed by atoms with Crippen LogP contribution in [-0.2, 0) is 0 Å². The number of piperidine rings is 1. The minimum absolute atomic E-state index is 0.00755. The van der Waals surface area contributed by atoms with Crippen LogP contribution in [0.15, 0.2) is 30.9 Å². The summed E-state index contributed by atoms with van der Waals surface area (Å²) in [5.74, 6) is -2.51. The summed E-state index contributed by atoms with van der Waals surface area (Å²) in [5.41, 5.74) is -0.00755. The Morgan fingerprint density at radius 2 is 2.09 bits per heavy atom. The normalized spacial score (nSPS) is 18.5. The lowest BCUT2D eigenvalue weighted by Gasteiger charge is -2.33. The van der Waals surface area contributed by atoms with Crippen LogP contribution in [0.1, 0.15) is 29.2 Å². The molecular formula is C15H14ClF2N3O. The van der Waals surface area contributed by atoms with Crippen LogP contribution in [0.2, 0.25) is 5.02 Å². The third kappa shape index (κ3) is 2.83. The fourth-order valence-electron chi connectivity index (χ4n) is 2.72. The molecule has 1 aromatic carbocycles. The second-order valence-corrected chi connectivity index (χ2v) is 5.71. The van der Waals surface area contributed by atoms with Gasteiger partial charge in [-0.3, -0.25) is 4.79 Å². The van der Waals surface area contributed by atoms with Gasteiger partial charge in [-0.2, -0.15) is 0 Å². The van der Waals surface area contributed by atoms with Gasteiger partial charge in [-0.15, -0.1) is 0 Å². The first-order valence-corrected chi connectivity index (χ1v) is 7.35. The fraction of sp³-hybridized carbons (Fsp3) is 0.333. The molecule has 0 aliphatic carbocycles. The van der Waals surface area contributed by atoms with E-state index in [0.29, 0.717) is 13.1 Å². The van der Waals surface area contributed by atoms with Crippen molar-refractivity contribution in [3.05, 3.63) is 53.1 Å². The molecule has 116 valence electrons. The molecule has 2 heterocycles. The van der Waals surface area contributed by atoms with E-state index in [4.69, 9.17) is 11.6 Å². The zero-order chi connectivity index (χ0) is 15.7. The molecule has 22 heavy (non-hydrogen) atoms. The minimum atomic E-state index is -1.07. The quantitative estimate of drug-likeness (QED) is 0.795. The number of benzene rings is 1. The van der Waals surface area contributed by atoms with Gasteiger partial charge in [-0.1, -0.05) is 11.6 Å². The molecule has 1 saturated heterocycles. The number of carbonyl (C=O) groups excluding carboxylic acids is 1. The van der Waals surface area contributed by atoms with E-state index in [9.17, 15) is 13.6 Å². The number of hydrogen-bond donors (Lipinski definition) is 0. The number of amides is 1. The van der Waals surface area contributed by atoms with Gasteiger partial charge in [-0.05, 0) is 25.0 Å². The van der Waals surface area contributed by atoms with Crippen LogP contribution in [0.5, 0.6) is 0 Å². The van der Waals surface area contributed by atoms with Crippen molar-refractivity contribution in [1.82, 2.24) is 14.5 Å². The Hall–Kier alpha value is -1.95. The molecule has 0 radical (unpaired) electrons. The topological polar surface area (TPSA) is 38.1 Å². The zero-order valence-corrected chi connectivity index (χ0v) is 12.4. The van der Waals surface area contributed by atoms with Crippen LogP contribution < -0.4 is 0 Å². The highest BCUT2D eigenvalue weighted by atomic mass is 35.5. The van der Waals surface area contributed by atoms with Crippen LogP contribution in [0.3, 0.4) is 0 Å². The smallest absolute Gasteiger partial charge is 0.255 e. The van der Waals surface area contributed by atoms with Crippen LogP contribution in [0.25, 0.3) is 0 Å². The predicted octanol–water partition coefficient (Wildman–Crippen LogP) is 3.29. The van der Waals surface area contributed by atoms with Crippen molar-refractivity contribution in [2.75, 3.05) is 13.1 Å². The summed E-state index contributed by atoms with van der Waals surface area (Å²) in [5, 5.41) is -0.0753. The lowest BCUT2D eigenvalue weighted by molar-refractivity contribution is 0.0679. The molecule has 1 fully saturated rings. The van der Waals surface area contributed by atoms with Crippen LogP contribution >= 0.6 is 11.6 Å². The largest absolute Gasteiger partial charge is 0.337 e. The van der Waals surface area contributed by atoms with E-state index >= 15 is 0 Å². The van der Waals surface area contributed by atoms with Crippen LogP contribution in [0, 0.1) is 11.6 Å². The van der Waals surface area contributed by atoms with E-state index in [-0.39, 0.29) is 22.5 Å². The molecular weight excluding hydrogens is 312 g/mol. The van der Waals surface area contributed by atoms with E-state index in [0.717, 1.165) is 25.0 Å². The van der Waals surface area contributed by atoms with E-state index in [1.165, 1.54) is 0 Å². The number of nitrogens with zero attached hydrogens (tertiary/aromatic N) is 3. The standard InChI is InChI=1S/C15H14ClF2N3O/c16-12-7-14(18)13(17)6-11(12)15(22)20-4-1-2-10(8-20)21-5-3-19-9-21/h3,5-7,9-10H,1-2,4,8H2/t10-/m1/s1. The zero-order valence-electron chi connectivity index (χ0n) is 11.7. The minimum Gasteiger partial charge on any atom is -0.337 e. The molecule has 0 saturated carbocycles. The maximum atomic E-state index is 13.4. The van der Waals surface area contributed by atoms with Gasteiger partial charge in [0.2, 0.25) is 0 Å². The first kappa shape index (κ1) is 15.0. The predicted molar refractivity (Wildman–Crippen MR) is 77.8 cm³/mol. The Morgan fingerprint density at radius 3 is 2.82 bits per heavy atom. The second kappa shape index (κ2) is 6.04. The lowest BCUT2D eigenvalue weighted by Crippen LogP contribution is -2.40. The Kier molecular flexibility index (Phi) is 4.11. The average molecular weight is 326 g/mol. The molecule has 0 spiro atoms. The summed E-state index contributed by atoms with van der Waals surface area (Å²) in [7, 11) is 0. The average Bonchev–Trinajstić information content (AvgIpc) is 3.05. The molecule has 1 aliphatic heterocycles. The summed E-state index contributed by atoms with van der Waals surface area (Å²) >= 11 is 5.88. The first-order valence-electron chi connectivity index (χ1n) is 6.97. The van der Waals surface area contributed by atoms with E-state index in [2.05, 4.69) is 4.98 Å². The molecule has 7 heteroatoms. The number of likely N-dealkylation sites (tertiary alicyclic amines) is 1. The SMILES string of the molecule is O=C(c1cc(F)c(F)cc1Cl)N1CCC[C@@H](n2ccnc2)C1. The Bertz CT molecular complexity index is 690. The molecule has 1 atom stereocenters. The molecule has 1 aromatic heterocycles. The highest BCUT2D eigenvalue weighted by Gasteiger charge is 2.27. The molecule has 1 amide bonds. The number of aromatic nitrogens is 2. The number of imidazole rings is 1. The van der Waals surface area contributed by atoms with Crippen LogP contribution in [-0.4, -0.2) is 33.4 Å². The molecule has 0 bridgehead atoms. The highest BCUT2D eigenvalue weighted by molar-refractivity contribution is 6.33. The van der Waals surface area contributed by atoms with Crippen molar-refractivity contribution >= 4 is 17.5 Å². The van der Waals surface area contributed by atoms with Gasteiger partial charge in [0.1, 0.15) is 0 Å². The van der Waals surface area contributed by atoms with Gasteiger partial charge in [0.25, 0.3) is 5.91 Å². The number of carbonyl (C=O) groups is 1. The monoisotopic (exact) mass is 325 g/mol. The van der Waals surface area contributed by atoms with Crippen molar-refractivity contribution in [2.45, 2.75) is 18.9 Å². The Morgan fingerprint density at radius 1 is 1.32 bits per heavy atom. The van der Waals surface area contributed by atoms with Gasteiger partial charge in [0, 0.05) is 25.5 Å². The third-order valence-corrected chi connectivity index (χ3v) is 4.18. The molecule has 2 aromatic rings. The van der Waals surface area contributed by atoms with Gasteiger partial charge < -0.3 is 9.47 Å².